The van der Waals surface area contributed by atoms with E-state index in [1.165, 1.54) is 0 Å². The first-order valence-electron chi connectivity index (χ1n) is 7.35. The second kappa shape index (κ2) is 11.9. The van der Waals surface area contributed by atoms with E-state index in [1.807, 2.05) is 23.0 Å². The Kier molecular flexibility index (Phi) is 10.2. The SMILES string of the molecule is CCCCOCCOCCOCCn1ccc(CO)c1. The molecule has 0 fully saturated rings. The molecule has 5 nitrogen and oxygen atoms in total. The molecule has 1 rings (SSSR count). The van der Waals surface area contributed by atoms with Gasteiger partial charge in [-0.25, -0.2) is 0 Å². The smallest absolute Gasteiger partial charge is 0.0701 e. The summed E-state index contributed by atoms with van der Waals surface area (Å²) in [6.45, 7) is 6.99. The summed E-state index contributed by atoms with van der Waals surface area (Å²) in [6.07, 6.45) is 6.14. The average molecular weight is 285 g/mol. The molecular formula is C15H27NO4. The van der Waals surface area contributed by atoms with E-state index >= 15 is 0 Å². The minimum atomic E-state index is 0.0853. The lowest BCUT2D eigenvalue weighted by Crippen LogP contribution is -2.12. The lowest BCUT2D eigenvalue weighted by atomic mass is 10.4. The number of ether oxygens (including phenoxy) is 3. The lowest BCUT2D eigenvalue weighted by molar-refractivity contribution is 0.0127. The maximum absolute atomic E-state index is 8.94. The Morgan fingerprint density at radius 3 is 2.25 bits per heavy atom. The maximum atomic E-state index is 8.94. The molecule has 0 aromatic carbocycles. The summed E-state index contributed by atoms with van der Waals surface area (Å²) in [6, 6.07) is 1.90. The van der Waals surface area contributed by atoms with Crippen molar-refractivity contribution in [1.82, 2.24) is 4.57 Å². The first kappa shape index (κ1) is 17.2. The van der Waals surface area contributed by atoms with Crippen molar-refractivity contribution in [2.75, 3.05) is 39.6 Å². The highest BCUT2D eigenvalue weighted by molar-refractivity contribution is 5.08. The van der Waals surface area contributed by atoms with Gasteiger partial charge in [0.05, 0.1) is 39.6 Å². The fourth-order valence-corrected chi connectivity index (χ4v) is 1.68. The average Bonchev–Trinajstić information content (AvgIpc) is 2.93. The van der Waals surface area contributed by atoms with Crippen LogP contribution in [0.5, 0.6) is 0 Å². The molecule has 1 N–H and O–H groups in total. The molecule has 0 amide bonds. The first-order chi connectivity index (χ1) is 9.86. The van der Waals surface area contributed by atoms with Gasteiger partial charge in [0.2, 0.25) is 0 Å². The van der Waals surface area contributed by atoms with Crippen LogP contribution in [0.4, 0.5) is 0 Å². The number of nitrogens with zero attached hydrogens (tertiary/aromatic N) is 1. The third-order valence-corrected chi connectivity index (χ3v) is 2.87. The number of unbranched alkanes of at least 4 members (excludes halogenated alkanes) is 1. The first-order valence-corrected chi connectivity index (χ1v) is 7.35. The van der Waals surface area contributed by atoms with Crippen LogP contribution < -0.4 is 0 Å². The lowest BCUT2D eigenvalue weighted by Gasteiger charge is -2.07. The minimum absolute atomic E-state index is 0.0853. The fourth-order valence-electron chi connectivity index (χ4n) is 1.68. The summed E-state index contributed by atoms with van der Waals surface area (Å²) < 4.78 is 18.3. The van der Waals surface area contributed by atoms with Crippen LogP contribution in [0, 0.1) is 0 Å². The van der Waals surface area contributed by atoms with Crippen molar-refractivity contribution in [3.05, 3.63) is 24.0 Å². The number of hydrogen-bond acceptors (Lipinski definition) is 4. The van der Waals surface area contributed by atoms with Gasteiger partial charge in [-0.2, -0.15) is 0 Å². The Morgan fingerprint density at radius 2 is 1.65 bits per heavy atom. The van der Waals surface area contributed by atoms with Gasteiger partial charge in [-0.1, -0.05) is 13.3 Å². The van der Waals surface area contributed by atoms with Crippen molar-refractivity contribution >= 4 is 0 Å². The molecule has 1 aromatic heterocycles. The molecule has 1 aromatic rings. The molecule has 0 radical (unpaired) electrons. The van der Waals surface area contributed by atoms with Gasteiger partial charge in [0.1, 0.15) is 0 Å². The molecule has 0 unspecified atom stereocenters. The molecule has 1 heterocycles. The molecule has 0 aliphatic carbocycles. The van der Waals surface area contributed by atoms with E-state index in [1.54, 1.807) is 0 Å². The van der Waals surface area contributed by atoms with E-state index in [9.17, 15) is 0 Å². The molecule has 0 saturated heterocycles. The van der Waals surface area contributed by atoms with Crippen LogP contribution in [-0.2, 0) is 27.4 Å². The number of rotatable bonds is 13. The summed E-state index contributed by atoms with van der Waals surface area (Å²) in [5.41, 5.74) is 0.927. The van der Waals surface area contributed by atoms with E-state index in [0.717, 1.165) is 31.6 Å². The molecular weight excluding hydrogens is 258 g/mol. The van der Waals surface area contributed by atoms with Crippen molar-refractivity contribution in [3.63, 3.8) is 0 Å². The van der Waals surface area contributed by atoms with E-state index in [2.05, 4.69) is 6.92 Å². The number of aliphatic hydroxyl groups excluding tert-OH is 1. The number of hydrogen-bond donors (Lipinski definition) is 1. The van der Waals surface area contributed by atoms with E-state index in [-0.39, 0.29) is 6.61 Å². The molecule has 116 valence electrons. The number of aromatic nitrogens is 1. The van der Waals surface area contributed by atoms with Gasteiger partial charge in [-0.3, -0.25) is 0 Å². The van der Waals surface area contributed by atoms with Crippen LogP contribution in [0.2, 0.25) is 0 Å². The summed E-state index contributed by atoms with van der Waals surface area (Å²) in [4.78, 5) is 0. The van der Waals surface area contributed by atoms with Crippen molar-refractivity contribution in [1.29, 1.82) is 0 Å². The van der Waals surface area contributed by atoms with Crippen LogP contribution >= 0.6 is 0 Å². The van der Waals surface area contributed by atoms with Crippen molar-refractivity contribution in [2.24, 2.45) is 0 Å². The maximum Gasteiger partial charge on any atom is 0.0701 e. The third-order valence-electron chi connectivity index (χ3n) is 2.87. The molecule has 0 spiro atoms. The van der Waals surface area contributed by atoms with Crippen molar-refractivity contribution in [3.8, 4) is 0 Å². The fraction of sp³-hybridized carbons (Fsp3) is 0.733. The van der Waals surface area contributed by atoms with Gasteiger partial charge in [0, 0.05) is 25.5 Å². The normalized spacial score (nSPS) is 11.1. The molecule has 0 saturated carbocycles. The predicted octanol–water partition coefficient (Wildman–Crippen LogP) is 1.83. The highest BCUT2D eigenvalue weighted by atomic mass is 16.5. The van der Waals surface area contributed by atoms with Crippen LogP contribution in [-0.4, -0.2) is 49.3 Å². The summed E-state index contributed by atoms with van der Waals surface area (Å²) in [5.74, 6) is 0. The van der Waals surface area contributed by atoms with Gasteiger partial charge in [-0.15, -0.1) is 0 Å². The highest BCUT2D eigenvalue weighted by Crippen LogP contribution is 2.00. The van der Waals surface area contributed by atoms with Crippen molar-refractivity contribution < 1.29 is 19.3 Å². The topological polar surface area (TPSA) is 52.9 Å². The quantitative estimate of drug-likeness (QED) is 0.562. The zero-order chi connectivity index (χ0) is 14.5. The highest BCUT2D eigenvalue weighted by Gasteiger charge is 1.96. The largest absolute Gasteiger partial charge is 0.392 e. The van der Waals surface area contributed by atoms with Crippen molar-refractivity contribution in [2.45, 2.75) is 32.9 Å². The van der Waals surface area contributed by atoms with Crippen LogP contribution in [0.1, 0.15) is 25.3 Å². The second-order valence-electron chi connectivity index (χ2n) is 4.61. The van der Waals surface area contributed by atoms with Gasteiger partial charge in [0.25, 0.3) is 0 Å². The van der Waals surface area contributed by atoms with Crippen LogP contribution in [0.3, 0.4) is 0 Å². The Balaban J connectivity index is 1.83. The second-order valence-corrected chi connectivity index (χ2v) is 4.61. The van der Waals surface area contributed by atoms with E-state index in [0.29, 0.717) is 33.0 Å². The van der Waals surface area contributed by atoms with Gasteiger partial charge in [0.15, 0.2) is 0 Å². The zero-order valence-corrected chi connectivity index (χ0v) is 12.4. The monoisotopic (exact) mass is 285 g/mol. The Labute approximate surface area is 121 Å². The standard InChI is InChI=1S/C15H27NO4/c1-2-3-7-18-9-11-20-12-10-19-8-6-16-5-4-15(13-16)14-17/h4-5,13,17H,2-3,6-12,14H2,1H3. The Hall–Kier alpha value is -0.880. The summed E-state index contributed by atoms with van der Waals surface area (Å²) in [7, 11) is 0. The Morgan fingerprint density at radius 1 is 1.00 bits per heavy atom. The molecule has 0 atom stereocenters. The van der Waals surface area contributed by atoms with Gasteiger partial charge in [-0.05, 0) is 18.1 Å². The summed E-state index contributed by atoms with van der Waals surface area (Å²) >= 11 is 0. The van der Waals surface area contributed by atoms with Gasteiger partial charge >= 0.3 is 0 Å². The predicted molar refractivity (Wildman–Crippen MR) is 77.7 cm³/mol. The van der Waals surface area contributed by atoms with Crippen LogP contribution in [0.25, 0.3) is 0 Å². The molecule has 5 heteroatoms. The minimum Gasteiger partial charge on any atom is -0.392 e. The number of aliphatic hydroxyl groups is 1. The van der Waals surface area contributed by atoms with E-state index in [4.69, 9.17) is 19.3 Å². The molecule has 0 aliphatic heterocycles. The third kappa shape index (κ3) is 8.32. The van der Waals surface area contributed by atoms with E-state index < -0.39 is 0 Å². The van der Waals surface area contributed by atoms with Crippen LogP contribution in [0.15, 0.2) is 18.5 Å². The summed E-state index contributed by atoms with van der Waals surface area (Å²) in [5, 5.41) is 8.94. The molecule has 20 heavy (non-hydrogen) atoms. The zero-order valence-electron chi connectivity index (χ0n) is 12.4. The van der Waals surface area contributed by atoms with Gasteiger partial charge < -0.3 is 23.9 Å². The molecule has 0 bridgehead atoms. The molecule has 0 aliphatic rings. The Bertz CT molecular complexity index is 327.